The normalized spacial score (nSPS) is 18.3. The van der Waals surface area contributed by atoms with Gasteiger partial charge in [0, 0.05) is 18.6 Å². The van der Waals surface area contributed by atoms with Crippen LogP contribution < -0.4 is 10.1 Å². The molecule has 3 nitrogen and oxygen atoms in total. The quantitative estimate of drug-likeness (QED) is 0.793. The van der Waals surface area contributed by atoms with Crippen LogP contribution in [-0.2, 0) is 0 Å². The second kappa shape index (κ2) is 7.81. The van der Waals surface area contributed by atoms with Crippen LogP contribution in [-0.4, -0.2) is 38.7 Å². The summed E-state index contributed by atoms with van der Waals surface area (Å²) in [4.78, 5) is 2.28. The number of ether oxygens (including phenoxy) is 1. The van der Waals surface area contributed by atoms with Crippen LogP contribution in [0.1, 0.15) is 44.2 Å². The van der Waals surface area contributed by atoms with Crippen LogP contribution in [0.5, 0.6) is 5.75 Å². The van der Waals surface area contributed by atoms with Gasteiger partial charge in [0.15, 0.2) is 0 Å². The summed E-state index contributed by atoms with van der Waals surface area (Å²) in [6.45, 7) is 3.30. The van der Waals surface area contributed by atoms with E-state index >= 15 is 0 Å². The van der Waals surface area contributed by atoms with E-state index in [-0.39, 0.29) is 0 Å². The third-order valence-electron chi connectivity index (χ3n) is 4.67. The fourth-order valence-electron chi connectivity index (χ4n) is 3.07. The second-order valence-corrected chi connectivity index (χ2v) is 6.60. The Balaban J connectivity index is 1.91. The molecule has 0 radical (unpaired) electrons. The SMILES string of the molecule is COc1cccc(C(CNC(C)CC2CCC2)N(C)C)c1. The maximum Gasteiger partial charge on any atom is 0.119 e. The lowest BCUT2D eigenvalue weighted by Gasteiger charge is -2.31. The highest BCUT2D eigenvalue weighted by Crippen LogP contribution is 2.30. The molecule has 0 aromatic heterocycles. The van der Waals surface area contributed by atoms with Gasteiger partial charge in [-0.15, -0.1) is 0 Å². The van der Waals surface area contributed by atoms with Crippen molar-refractivity contribution in [1.82, 2.24) is 10.2 Å². The van der Waals surface area contributed by atoms with Crippen molar-refractivity contribution in [1.29, 1.82) is 0 Å². The lowest BCUT2D eigenvalue weighted by Crippen LogP contribution is -2.37. The number of hydrogen-bond donors (Lipinski definition) is 1. The van der Waals surface area contributed by atoms with Crippen LogP contribution in [0.4, 0.5) is 0 Å². The Bertz CT molecular complexity index is 429. The van der Waals surface area contributed by atoms with Gasteiger partial charge in [-0.1, -0.05) is 31.4 Å². The second-order valence-electron chi connectivity index (χ2n) is 6.60. The van der Waals surface area contributed by atoms with Crippen molar-refractivity contribution in [2.24, 2.45) is 5.92 Å². The summed E-state index contributed by atoms with van der Waals surface area (Å²) < 4.78 is 5.35. The third-order valence-corrected chi connectivity index (χ3v) is 4.67. The van der Waals surface area contributed by atoms with E-state index in [0.717, 1.165) is 18.2 Å². The Morgan fingerprint density at radius 1 is 1.33 bits per heavy atom. The topological polar surface area (TPSA) is 24.5 Å². The minimum Gasteiger partial charge on any atom is -0.497 e. The van der Waals surface area contributed by atoms with E-state index in [2.05, 4.69) is 49.4 Å². The summed E-state index contributed by atoms with van der Waals surface area (Å²) in [5.74, 6) is 1.89. The first kappa shape index (κ1) is 16.3. The maximum absolute atomic E-state index is 5.35. The summed E-state index contributed by atoms with van der Waals surface area (Å²) in [5, 5.41) is 3.72. The van der Waals surface area contributed by atoms with Gasteiger partial charge < -0.3 is 15.0 Å². The molecule has 2 rings (SSSR count). The predicted molar refractivity (Wildman–Crippen MR) is 88.8 cm³/mol. The zero-order valence-electron chi connectivity index (χ0n) is 13.9. The lowest BCUT2D eigenvalue weighted by molar-refractivity contribution is 0.243. The van der Waals surface area contributed by atoms with Gasteiger partial charge in [-0.05, 0) is 51.1 Å². The molecule has 1 N–H and O–H groups in total. The number of benzene rings is 1. The molecule has 2 atom stereocenters. The fraction of sp³-hybridized carbons (Fsp3) is 0.667. The van der Waals surface area contributed by atoms with Crippen LogP contribution in [0.2, 0.25) is 0 Å². The van der Waals surface area contributed by atoms with Crippen molar-refractivity contribution in [2.45, 2.75) is 44.7 Å². The highest BCUT2D eigenvalue weighted by atomic mass is 16.5. The van der Waals surface area contributed by atoms with Gasteiger partial charge in [-0.3, -0.25) is 0 Å². The maximum atomic E-state index is 5.35. The number of nitrogens with one attached hydrogen (secondary N) is 1. The minimum atomic E-state index is 0.379. The Morgan fingerprint density at radius 2 is 2.10 bits per heavy atom. The first-order valence-corrected chi connectivity index (χ1v) is 8.14. The van der Waals surface area contributed by atoms with Gasteiger partial charge in [-0.25, -0.2) is 0 Å². The van der Waals surface area contributed by atoms with Gasteiger partial charge in [-0.2, -0.15) is 0 Å². The number of nitrogens with zero attached hydrogens (tertiary/aromatic N) is 1. The molecule has 0 bridgehead atoms. The third kappa shape index (κ3) is 4.72. The molecule has 0 aliphatic heterocycles. The Labute approximate surface area is 129 Å². The van der Waals surface area contributed by atoms with E-state index in [1.165, 1.54) is 31.2 Å². The molecule has 1 saturated carbocycles. The monoisotopic (exact) mass is 290 g/mol. The van der Waals surface area contributed by atoms with Gasteiger partial charge >= 0.3 is 0 Å². The van der Waals surface area contributed by atoms with Crippen LogP contribution in [0.25, 0.3) is 0 Å². The van der Waals surface area contributed by atoms with E-state index in [0.29, 0.717) is 12.1 Å². The van der Waals surface area contributed by atoms with E-state index in [4.69, 9.17) is 4.74 Å². The molecule has 0 saturated heterocycles. The molecular weight excluding hydrogens is 260 g/mol. The molecule has 1 aliphatic carbocycles. The molecule has 0 amide bonds. The standard InChI is InChI=1S/C18H30N2O/c1-14(11-15-7-5-8-15)19-13-18(20(2)3)16-9-6-10-17(12-16)21-4/h6,9-10,12,14-15,18-19H,5,7-8,11,13H2,1-4H3. The molecule has 3 heteroatoms. The van der Waals surface area contributed by atoms with Gasteiger partial charge in [0.1, 0.15) is 5.75 Å². The van der Waals surface area contributed by atoms with Crippen molar-refractivity contribution >= 4 is 0 Å². The van der Waals surface area contributed by atoms with E-state index in [9.17, 15) is 0 Å². The molecule has 2 unspecified atom stereocenters. The summed E-state index contributed by atoms with van der Waals surface area (Å²) in [6, 6.07) is 9.38. The zero-order valence-corrected chi connectivity index (χ0v) is 13.9. The highest BCUT2D eigenvalue weighted by Gasteiger charge is 2.21. The van der Waals surface area contributed by atoms with Gasteiger partial charge in [0.2, 0.25) is 0 Å². The predicted octanol–water partition coefficient (Wildman–Crippen LogP) is 3.47. The number of rotatable bonds is 8. The zero-order chi connectivity index (χ0) is 15.2. The summed E-state index contributed by atoms with van der Waals surface area (Å²) in [7, 11) is 6.01. The van der Waals surface area contributed by atoms with Crippen molar-refractivity contribution in [3.05, 3.63) is 29.8 Å². The number of hydrogen-bond acceptors (Lipinski definition) is 3. The molecule has 118 valence electrons. The Kier molecular flexibility index (Phi) is 6.07. The molecule has 21 heavy (non-hydrogen) atoms. The average Bonchev–Trinajstić information content (AvgIpc) is 2.43. The largest absolute Gasteiger partial charge is 0.497 e. The van der Waals surface area contributed by atoms with E-state index < -0.39 is 0 Å². The smallest absolute Gasteiger partial charge is 0.119 e. The summed E-state index contributed by atoms with van der Waals surface area (Å²) in [5.41, 5.74) is 1.31. The fourth-order valence-corrected chi connectivity index (χ4v) is 3.07. The molecule has 1 aliphatic rings. The van der Waals surface area contributed by atoms with Crippen LogP contribution >= 0.6 is 0 Å². The summed E-state index contributed by atoms with van der Waals surface area (Å²) >= 11 is 0. The van der Waals surface area contributed by atoms with Crippen LogP contribution in [0.3, 0.4) is 0 Å². The minimum absolute atomic E-state index is 0.379. The van der Waals surface area contributed by atoms with Gasteiger partial charge in [0.05, 0.1) is 7.11 Å². The molecule has 1 aromatic carbocycles. The van der Waals surface area contributed by atoms with Crippen molar-refractivity contribution < 1.29 is 4.74 Å². The van der Waals surface area contributed by atoms with E-state index in [1.54, 1.807) is 7.11 Å². The first-order chi connectivity index (χ1) is 10.1. The van der Waals surface area contributed by atoms with Crippen molar-refractivity contribution in [2.75, 3.05) is 27.7 Å². The van der Waals surface area contributed by atoms with Crippen molar-refractivity contribution in [3.63, 3.8) is 0 Å². The number of likely N-dealkylation sites (N-methyl/N-ethyl adjacent to an activating group) is 1. The molecule has 1 aromatic rings. The molecular formula is C18H30N2O. The highest BCUT2D eigenvalue weighted by molar-refractivity contribution is 5.30. The molecule has 0 spiro atoms. The average molecular weight is 290 g/mol. The van der Waals surface area contributed by atoms with Crippen molar-refractivity contribution in [3.8, 4) is 5.75 Å². The Morgan fingerprint density at radius 3 is 2.67 bits per heavy atom. The van der Waals surface area contributed by atoms with Crippen LogP contribution in [0.15, 0.2) is 24.3 Å². The van der Waals surface area contributed by atoms with Gasteiger partial charge in [0.25, 0.3) is 0 Å². The Hall–Kier alpha value is -1.06. The summed E-state index contributed by atoms with van der Waals surface area (Å²) in [6.07, 6.45) is 5.61. The number of methoxy groups -OCH3 is 1. The van der Waals surface area contributed by atoms with Crippen LogP contribution in [0, 0.1) is 5.92 Å². The van der Waals surface area contributed by atoms with E-state index in [1.807, 2.05) is 6.07 Å². The molecule has 1 fully saturated rings. The first-order valence-electron chi connectivity index (χ1n) is 8.14. The lowest BCUT2D eigenvalue weighted by atomic mass is 9.81. The molecule has 0 heterocycles.